The number of amides is 3. The Kier molecular flexibility index (Phi) is 7.97. The summed E-state index contributed by atoms with van der Waals surface area (Å²) >= 11 is 0. The van der Waals surface area contributed by atoms with E-state index in [-0.39, 0.29) is 31.4 Å². The van der Waals surface area contributed by atoms with Gasteiger partial charge in [-0.25, -0.2) is 0 Å². The quantitative estimate of drug-likeness (QED) is 0.290. The van der Waals surface area contributed by atoms with Gasteiger partial charge in [0, 0.05) is 30.6 Å². The Labute approximate surface area is 187 Å². The Morgan fingerprint density at radius 3 is 2.88 bits per heavy atom. The third-order valence-electron chi connectivity index (χ3n) is 5.46. The van der Waals surface area contributed by atoms with Crippen LogP contribution in [0.15, 0.2) is 54.2 Å². The molecule has 1 atom stereocenters. The van der Waals surface area contributed by atoms with Crippen LogP contribution >= 0.6 is 0 Å². The number of fused-ring (bicyclic) bond motifs is 1. The number of carbonyl (C=O) groups excluding carboxylic acids is 3. The van der Waals surface area contributed by atoms with Crippen LogP contribution in [0.3, 0.4) is 0 Å². The predicted octanol–water partition coefficient (Wildman–Crippen LogP) is 1.47. The van der Waals surface area contributed by atoms with Crippen LogP contribution in [0.2, 0.25) is 0 Å². The van der Waals surface area contributed by atoms with Crippen molar-refractivity contribution in [3.8, 4) is 5.75 Å². The molecule has 170 valence electrons. The van der Waals surface area contributed by atoms with Crippen LogP contribution in [0.4, 0.5) is 0 Å². The molecule has 0 saturated carbocycles. The molecule has 0 bridgehead atoms. The molecule has 3 N–H and O–H groups in total. The van der Waals surface area contributed by atoms with E-state index in [2.05, 4.69) is 17.2 Å². The zero-order chi connectivity index (χ0) is 23.1. The smallest absolute Gasteiger partial charge is 0.255 e. The van der Waals surface area contributed by atoms with E-state index in [0.29, 0.717) is 37.4 Å². The van der Waals surface area contributed by atoms with Crippen LogP contribution in [0.1, 0.15) is 35.7 Å². The minimum Gasteiger partial charge on any atom is -0.489 e. The normalized spacial score (nSPS) is 19.1. The summed E-state index contributed by atoms with van der Waals surface area (Å²) in [6, 6.07) is 4.67. The average molecular weight is 440 g/mol. The van der Waals surface area contributed by atoms with E-state index in [0.717, 1.165) is 16.7 Å². The molecule has 0 aliphatic carbocycles. The van der Waals surface area contributed by atoms with Gasteiger partial charge in [0.1, 0.15) is 18.4 Å². The van der Waals surface area contributed by atoms with Crippen molar-refractivity contribution in [2.75, 3.05) is 26.3 Å². The number of piperidine rings is 1. The number of aliphatic hydroxyl groups excluding tert-OH is 1. The summed E-state index contributed by atoms with van der Waals surface area (Å²) in [6.07, 6.45) is 6.20. The molecule has 2 aliphatic heterocycles. The molecular weight excluding hydrogens is 410 g/mol. The Hall–Kier alpha value is -3.23. The molecule has 2 aliphatic rings. The highest BCUT2D eigenvalue weighted by atomic mass is 16.5. The van der Waals surface area contributed by atoms with Gasteiger partial charge < -0.3 is 20.1 Å². The van der Waals surface area contributed by atoms with E-state index in [9.17, 15) is 14.4 Å². The second-order valence-electron chi connectivity index (χ2n) is 7.83. The molecule has 1 fully saturated rings. The summed E-state index contributed by atoms with van der Waals surface area (Å²) in [5, 5.41) is 14.3. The SMILES string of the molecule is C=C/C(=C\C=C(/C)COc1cccc2c1CN(C1CCC(=O)NC1=O)C2=O)CNCCO. The fraction of sp³-hybridized carbons (Fsp3) is 0.375. The van der Waals surface area contributed by atoms with E-state index < -0.39 is 11.9 Å². The van der Waals surface area contributed by atoms with Gasteiger partial charge in [-0.1, -0.05) is 30.9 Å². The molecule has 8 nitrogen and oxygen atoms in total. The number of hydrogen-bond acceptors (Lipinski definition) is 6. The molecule has 3 rings (SSSR count). The van der Waals surface area contributed by atoms with Crippen molar-refractivity contribution >= 4 is 17.7 Å². The second-order valence-corrected chi connectivity index (χ2v) is 7.83. The van der Waals surface area contributed by atoms with Crippen LogP contribution < -0.4 is 15.4 Å². The number of benzene rings is 1. The van der Waals surface area contributed by atoms with Gasteiger partial charge >= 0.3 is 0 Å². The van der Waals surface area contributed by atoms with Crippen molar-refractivity contribution in [1.82, 2.24) is 15.5 Å². The number of imide groups is 1. The number of allylic oxidation sites excluding steroid dienone is 2. The van der Waals surface area contributed by atoms with Gasteiger partial charge in [0.15, 0.2) is 0 Å². The average Bonchev–Trinajstić information content (AvgIpc) is 3.11. The fourth-order valence-electron chi connectivity index (χ4n) is 3.69. The van der Waals surface area contributed by atoms with Crippen molar-refractivity contribution in [2.45, 2.75) is 32.4 Å². The van der Waals surface area contributed by atoms with Gasteiger partial charge in [0.25, 0.3) is 5.91 Å². The van der Waals surface area contributed by atoms with Gasteiger partial charge in [-0.3, -0.25) is 19.7 Å². The summed E-state index contributed by atoms with van der Waals surface area (Å²) in [5.74, 6) is -0.349. The number of carbonyl (C=O) groups is 3. The largest absolute Gasteiger partial charge is 0.489 e. The Bertz CT molecular complexity index is 966. The number of ether oxygens (including phenoxy) is 1. The molecule has 1 unspecified atom stereocenters. The van der Waals surface area contributed by atoms with Gasteiger partial charge in [-0.15, -0.1) is 0 Å². The summed E-state index contributed by atoms with van der Waals surface area (Å²) < 4.78 is 6.00. The van der Waals surface area contributed by atoms with Gasteiger partial charge in [-0.05, 0) is 36.6 Å². The third-order valence-corrected chi connectivity index (χ3v) is 5.46. The fourth-order valence-corrected chi connectivity index (χ4v) is 3.69. The van der Waals surface area contributed by atoms with E-state index in [4.69, 9.17) is 9.84 Å². The van der Waals surface area contributed by atoms with Gasteiger partial charge in [0.05, 0.1) is 13.2 Å². The molecular formula is C24H29N3O5. The van der Waals surface area contributed by atoms with Gasteiger partial charge in [-0.2, -0.15) is 0 Å². The number of rotatable bonds is 10. The molecule has 1 saturated heterocycles. The predicted molar refractivity (Wildman–Crippen MR) is 120 cm³/mol. The van der Waals surface area contributed by atoms with Gasteiger partial charge in [0.2, 0.25) is 11.8 Å². The lowest BCUT2D eigenvalue weighted by Gasteiger charge is -2.29. The molecule has 0 aromatic heterocycles. The monoisotopic (exact) mass is 439 g/mol. The molecule has 1 aromatic rings. The molecule has 3 amide bonds. The summed E-state index contributed by atoms with van der Waals surface area (Å²) in [7, 11) is 0. The first-order chi connectivity index (χ1) is 15.4. The molecule has 2 heterocycles. The minimum absolute atomic E-state index is 0.0814. The summed E-state index contributed by atoms with van der Waals surface area (Å²) in [4.78, 5) is 38.1. The maximum absolute atomic E-state index is 12.9. The Morgan fingerprint density at radius 2 is 2.16 bits per heavy atom. The lowest BCUT2D eigenvalue weighted by Crippen LogP contribution is -2.52. The highest BCUT2D eigenvalue weighted by Crippen LogP contribution is 2.33. The highest BCUT2D eigenvalue weighted by Gasteiger charge is 2.40. The van der Waals surface area contributed by atoms with E-state index >= 15 is 0 Å². The van der Waals surface area contributed by atoms with Crippen LogP contribution in [-0.4, -0.2) is 60.1 Å². The van der Waals surface area contributed by atoms with Crippen LogP contribution in [-0.2, 0) is 16.1 Å². The van der Waals surface area contributed by atoms with Crippen molar-refractivity contribution in [3.05, 3.63) is 65.3 Å². The number of nitrogens with one attached hydrogen (secondary N) is 2. The maximum atomic E-state index is 12.9. The minimum atomic E-state index is -0.649. The molecule has 32 heavy (non-hydrogen) atoms. The lowest BCUT2D eigenvalue weighted by atomic mass is 10.0. The van der Waals surface area contributed by atoms with Crippen molar-refractivity contribution in [3.63, 3.8) is 0 Å². The highest BCUT2D eigenvalue weighted by molar-refractivity contribution is 6.05. The van der Waals surface area contributed by atoms with Crippen LogP contribution in [0.5, 0.6) is 5.75 Å². The van der Waals surface area contributed by atoms with Crippen molar-refractivity contribution in [2.24, 2.45) is 0 Å². The third kappa shape index (κ3) is 5.52. The Morgan fingerprint density at radius 1 is 1.34 bits per heavy atom. The molecule has 1 aromatic carbocycles. The Balaban J connectivity index is 1.66. The van der Waals surface area contributed by atoms with Crippen LogP contribution in [0.25, 0.3) is 0 Å². The first kappa shape index (κ1) is 23.4. The lowest BCUT2D eigenvalue weighted by molar-refractivity contribution is -0.136. The van der Waals surface area contributed by atoms with Crippen molar-refractivity contribution in [1.29, 1.82) is 0 Å². The summed E-state index contributed by atoms with van der Waals surface area (Å²) in [6.45, 7) is 7.57. The van der Waals surface area contributed by atoms with Crippen molar-refractivity contribution < 1.29 is 24.2 Å². The topological polar surface area (TPSA) is 108 Å². The molecule has 0 spiro atoms. The van der Waals surface area contributed by atoms with E-state index in [1.54, 1.807) is 18.2 Å². The number of nitrogens with zero attached hydrogens (tertiary/aromatic N) is 1. The standard InChI is InChI=1S/C24H29N3O5/c1-3-17(13-25-11-12-28)8-7-16(2)15-32-21-6-4-5-18-19(21)14-27(24(18)31)20-9-10-22(29)26-23(20)30/h3-8,20,25,28H,1,9-15H2,2H3,(H,26,29,30)/b16-7+,17-8+. The van der Waals surface area contributed by atoms with Crippen LogP contribution in [0, 0.1) is 0 Å². The number of hydrogen-bond donors (Lipinski definition) is 3. The van der Waals surface area contributed by atoms with E-state index in [1.807, 2.05) is 25.1 Å². The molecule has 0 radical (unpaired) electrons. The zero-order valence-corrected chi connectivity index (χ0v) is 18.2. The molecule has 8 heteroatoms. The summed E-state index contributed by atoms with van der Waals surface area (Å²) in [5.41, 5.74) is 3.25. The maximum Gasteiger partial charge on any atom is 0.255 e. The first-order valence-electron chi connectivity index (χ1n) is 10.6. The number of aliphatic hydroxyl groups is 1. The second kappa shape index (κ2) is 10.9. The van der Waals surface area contributed by atoms with E-state index in [1.165, 1.54) is 4.90 Å². The first-order valence-corrected chi connectivity index (χ1v) is 10.6. The zero-order valence-electron chi connectivity index (χ0n) is 18.2.